The summed E-state index contributed by atoms with van der Waals surface area (Å²) in [6, 6.07) is 7.82. The van der Waals surface area contributed by atoms with Crippen molar-refractivity contribution in [3.05, 3.63) is 66.0 Å². The van der Waals surface area contributed by atoms with E-state index in [1.807, 2.05) is 0 Å². The van der Waals surface area contributed by atoms with Crippen LogP contribution in [0.15, 0.2) is 48.8 Å². The van der Waals surface area contributed by atoms with E-state index in [9.17, 15) is 17.2 Å². The van der Waals surface area contributed by atoms with E-state index >= 15 is 0 Å². The van der Waals surface area contributed by atoms with E-state index < -0.39 is 27.4 Å². The van der Waals surface area contributed by atoms with E-state index in [-0.39, 0.29) is 18.7 Å². The first-order valence-electron chi connectivity index (χ1n) is 7.91. The van der Waals surface area contributed by atoms with Crippen LogP contribution in [0.1, 0.15) is 5.56 Å². The number of aromatic nitrogens is 4. The zero-order valence-electron chi connectivity index (χ0n) is 14.0. The van der Waals surface area contributed by atoms with Gasteiger partial charge in [0.15, 0.2) is 5.82 Å². The molecule has 0 spiro atoms. The van der Waals surface area contributed by atoms with Crippen LogP contribution in [0.4, 0.5) is 14.6 Å². The summed E-state index contributed by atoms with van der Waals surface area (Å²) in [5.74, 6) is -1.14. The lowest BCUT2D eigenvalue weighted by Crippen LogP contribution is -2.30. The molecule has 3 aromatic rings. The summed E-state index contributed by atoms with van der Waals surface area (Å²) in [5, 5.41) is 14.9. The lowest BCUT2D eigenvalue weighted by atomic mass is 10.2. The summed E-state index contributed by atoms with van der Waals surface area (Å²) < 4.78 is 54.2. The van der Waals surface area contributed by atoms with Crippen molar-refractivity contribution in [2.45, 2.75) is 5.75 Å². The number of nitrogens with zero attached hydrogens (tertiary/aromatic N) is 4. The minimum Gasteiger partial charge on any atom is -0.367 e. The Morgan fingerprint density at radius 2 is 1.81 bits per heavy atom. The Hall–Kier alpha value is -2.92. The molecule has 142 valence electrons. The predicted octanol–water partition coefficient (Wildman–Crippen LogP) is 1.47. The highest BCUT2D eigenvalue weighted by Gasteiger charge is 2.12. The largest absolute Gasteiger partial charge is 0.367 e. The van der Waals surface area contributed by atoms with Gasteiger partial charge in [-0.2, -0.15) is 5.10 Å². The topological polar surface area (TPSA) is 102 Å². The predicted molar refractivity (Wildman–Crippen MR) is 94.6 cm³/mol. The van der Waals surface area contributed by atoms with Crippen molar-refractivity contribution in [3.8, 4) is 5.82 Å². The van der Waals surface area contributed by atoms with E-state index in [4.69, 9.17) is 0 Å². The molecule has 11 heteroatoms. The number of rotatable bonds is 8. The maximum absolute atomic E-state index is 13.1. The van der Waals surface area contributed by atoms with Gasteiger partial charge in [0.05, 0.1) is 5.75 Å². The van der Waals surface area contributed by atoms with Gasteiger partial charge >= 0.3 is 0 Å². The highest BCUT2D eigenvalue weighted by Crippen LogP contribution is 2.11. The molecule has 0 saturated carbocycles. The number of sulfonamides is 1. The van der Waals surface area contributed by atoms with Crippen molar-refractivity contribution < 1.29 is 17.2 Å². The molecule has 2 heterocycles. The zero-order valence-corrected chi connectivity index (χ0v) is 14.8. The van der Waals surface area contributed by atoms with Gasteiger partial charge in [-0.1, -0.05) is 0 Å². The monoisotopic (exact) mass is 394 g/mol. The van der Waals surface area contributed by atoms with Gasteiger partial charge in [-0.3, -0.25) is 0 Å². The van der Waals surface area contributed by atoms with Crippen LogP contribution in [0.2, 0.25) is 0 Å². The number of hydrogen-bond acceptors (Lipinski definition) is 6. The van der Waals surface area contributed by atoms with Crippen molar-refractivity contribution >= 4 is 15.8 Å². The fourth-order valence-electron chi connectivity index (χ4n) is 2.31. The SMILES string of the molecule is O=S(=O)(Cc1cc(F)cc(F)c1)NCCNc1ccc(-n2cccn2)nn1. The van der Waals surface area contributed by atoms with E-state index in [2.05, 4.69) is 25.3 Å². The molecule has 2 aromatic heterocycles. The minimum absolute atomic E-state index is 0.0352. The maximum atomic E-state index is 13.1. The van der Waals surface area contributed by atoms with Crippen LogP contribution in [-0.4, -0.2) is 41.5 Å². The smallest absolute Gasteiger partial charge is 0.215 e. The molecular weight excluding hydrogens is 378 g/mol. The number of halogens is 2. The maximum Gasteiger partial charge on any atom is 0.215 e. The molecule has 0 bridgehead atoms. The van der Waals surface area contributed by atoms with Crippen LogP contribution >= 0.6 is 0 Å². The molecule has 0 unspecified atom stereocenters. The van der Waals surface area contributed by atoms with Crippen LogP contribution in [0.3, 0.4) is 0 Å². The Morgan fingerprint density at radius 3 is 2.44 bits per heavy atom. The molecule has 0 saturated heterocycles. The molecule has 1 aromatic carbocycles. The van der Waals surface area contributed by atoms with Crippen molar-refractivity contribution in [2.75, 3.05) is 18.4 Å². The quantitative estimate of drug-likeness (QED) is 0.561. The molecule has 0 aliphatic rings. The Balaban J connectivity index is 1.47. The average molecular weight is 394 g/mol. The number of nitrogens with one attached hydrogen (secondary N) is 2. The van der Waals surface area contributed by atoms with E-state index in [1.54, 1.807) is 35.3 Å². The molecule has 8 nitrogen and oxygen atoms in total. The third-order valence-corrected chi connectivity index (χ3v) is 4.78. The summed E-state index contributed by atoms with van der Waals surface area (Å²) in [6.07, 6.45) is 3.36. The van der Waals surface area contributed by atoms with E-state index in [0.717, 1.165) is 12.1 Å². The van der Waals surface area contributed by atoms with Gasteiger partial charge in [-0.25, -0.2) is 26.6 Å². The molecule has 0 atom stereocenters. The van der Waals surface area contributed by atoms with Crippen LogP contribution in [0.5, 0.6) is 0 Å². The van der Waals surface area contributed by atoms with Gasteiger partial charge < -0.3 is 5.32 Å². The van der Waals surface area contributed by atoms with E-state index in [1.165, 1.54) is 0 Å². The average Bonchev–Trinajstić information content (AvgIpc) is 3.12. The first-order chi connectivity index (χ1) is 12.9. The Kier molecular flexibility index (Phi) is 5.72. The first kappa shape index (κ1) is 18.9. The van der Waals surface area contributed by atoms with Crippen molar-refractivity contribution in [1.29, 1.82) is 0 Å². The van der Waals surface area contributed by atoms with Crippen LogP contribution < -0.4 is 10.0 Å². The zero-order chi connectivity index (χ0) is 19.3. The van der Waals surface area contributed by atoms with Gasteiger partial charge in [0.1, 0.15) is 17.5 Å². The number of benzene rings is 1. The van der Waals surface area contributed by atoms with Crippen LogP contribution in [0, 0.1) is 11.6 Å². The lowest BCUT2D eigenvalue weighted by Gasteiger charge is -2.09. The summed E-state index contributed by atoms with van der Waals surface area (Å²) >= 11 is 0. The molecular formula is C16H16F2N6O2S. The lowest BCUT2D eigenvalue weighted by molar-refractivity contribution is 0.575. The van der Waals surface area contributed by atoms with Crippen molar-refractivity contribution in [1.82, 2.24) is 24.7 Å². The molecule has 27 heavy (non-hydrogen) atoms. The highest BCUT2D eigenvalue weighted by molar-refractivity contribution is 7.88. The number of hydrogen-bond donors (Lipinski definition) is 2. The second-order valence-electron chi connectivity index (χ2n) is 5.59. The second-order valence-corrected chi connectivity index (χ2v) is 7.39. The summed E-state index contributed by atoms with van der Waals surface area (Å²) in [7, 11) is -3.73. The summed E-state index contributed by atoms with van der Waals surface area (Å²) in [6.45, 7) is 0.329. The molecule has 0 fully saturated rings. The molecule has 3 rings (SSSR count). The van der Waals surface area contributed by atoms with Gasteiger partial charge in [-0.15, -0.1) is 10.2 Å². The summed E-state index contributed by atoms with van der Waals surface area (Å²) in [4.78, 5) is 0. The van der Waals surface area contributed by atoms with E-state index in [0.29, 0.717) is 17.7 Å². The fourth-order valence-corrected chi connectivity index (χ4v) is 3.43. The standard InChI is InChI=1S/C16H16F2N6O2S/c17-13-8-12(9-14(18)10-13)11-27(25,26)21-6-5-19-15-2-3-16(23-22-15)24-7-1-4-20-24/h1-4,7-10,21H,5-6,11H2,(H,19,22). The van der Waals surface area contributed by atoms with Crippen molar-refractivity contribution in [3.63, 3.8) is 0 Å². The Morgan fingerprint density at radius 1 is 1.04 bits per heavy atom. The third kappa shape index (κ3) is 5.53. The normalized spacial score (nSPS) is 11.5. The molecule has 0 aliphatic heterocycles. The molecule has 0 aliphatic carbocycles. The second kappa shape index (κ2) is 8.18. The van der Waals surface area contributed by atoms with Gasteiger partial charge in [0, 0.05) is 31.5 Å². The van der Waals surface area contributed by atoms with Gasteiger partial charge in [0.25, 0.3) is 0 Å². The summed E-state index contributed by atoms with van der Waals surface area (Å²) in [5.41, 5.74) is 0.0352. The van der Waals surface area contributed by atoms with Crippen LogP contribution in [0.25, 0.3) is 5.82 Å². The first-order valence-corrected chi connectivity index (χ1v) is 9.56. The highest BCUT2D eigenvalue weighted by atomic mass is 32.2. The third-order valence-electron chi connectivity index (χ3n) is 3.42. The van der Waals surface area contributed by atoms with Gasteiger partial charge in [-0.05, 0) is 35.9 Å². The Bertz CT molecular complexity index is 974. The van der Waals surface area contributed by atoms with Crippen molar-refractivity contribution in [2.24, 2.45) is 0 Å². The van der Waals surface area contributed by atoms with Crippen LogP contribution in [-0.2, 0) is 15.8 Å². The molecule has 2 N–H and O–H groups in total. The number of anilines is 1. The fraction of sp³-hybridized carbons (Fsp3) is 0.188. The molecule has 0 amide bonds. The minimum atomic E-state index is -3.73. The molecule has 0 radical (unpaired) electrons. The Labute approximate surface area is 154 Å². The van der Waals surface area contributed by atoms with Gasteiger partial charge in [0.2, 0.25) is 10.0 Å².